The van der Waals surface area contributed by atoms with Gasteiger partial charge in [0.15, 0.2) is 0 Å². The highest BCUT2D eigenvalue weighted by Gasteiger charge is 2.17. The van der Waals surface area contributed by atoms with Gasteiger partial charge in [0.1, 0.15) is 17.4 Å². The number of hydrogen-bond acceptors (Lipinski definition) is 5. The largest absolute Gasteiger partial charge is 0.506 e. The minimum Gasteiger partial charge on any atom is -0.506 e. The molecule has 3 N–H and O–H groups in total. The van der Waals surface area contributed by atoms with Gasteiger partial charge in [-0.25, -0.2) is 9.97 Å². The average Bonchev–Trinajstić information content (AvgIpc) is 2.67. The number of nitrogens with zero attached hydrogens (tertiary/aromatic N) is 2. The topological polar surface area (TPSA) is 87.1 Å². The van der Waals surface area contributed by atoms with Crippen LogP contribution in [0.1, 0.15) is 48.1 Å². The van der Waals surface area contributed by atoms with Crippen molar-refractivity contribution in [1.29, 1.82) is 0 Å². The Morgan fingerprint density at radius 3 is 2.62 bits per heavy atom. The number of phenolic OH excluding ortho intramolecular Hbond substituents is 1. The van der Waals surface area contributed by atoms with E-state index >= 15 is 0 Å². The monoisotopic (exact) mass is 390 g/mol. The van der Waals surface area contributed by atoms with Gasteiger partial charge in [-0.1, -0.05) is 39.0 Å². The van der Waals surface area contributed by atoms with Crippen LogP contribution in [0.3, 0.4) is 0 Å². The molecule has 0 saturated carbocycles. The predicted molar refractivity (Wildman–Crippen MR) is 115 cm³/mol. The first-order chi connectivity index (χ1) is 13.7. The van der Waals surface area contributed by atoms with Crippen molar-refractivity contribution >= 4 is 17.4 Å². The molecule has 0 aliphatic heterocycles. The zero-order valence-corrected chi connectivity index (χ0v) is 17.2. The standard InChI is InChI=1S/C23H26N4O2/c1-15-24-11-10-21(26-15)25-14-16-6-5-7-17(12-16)22(29)27-19-13-18(23(2,3)4)8-9-20(19)28/h5-13,28H,14H2,1-4H3,(H,27,29)(H,24,25,26). The predicted octanol–water partition coefficient (Wildman–Crippen LogP) is 4.65. The third-order valence-corrected chi connectivity index (χ3v) is 4.55. The van der Waals surface area contributed by atoms with E-state index in [9.17, 15) is 9.90 Å². The summed E-state index contributed by atoms with van der Waals surface area (Å²) in [6, 6.07) is 14.4. The molecular formula is C23H26N4O2. The second kappa shape index (κ2) is 8.31. The third kappa shape index (κ3) is 5.31. The van der Waals surface area contributed by atoms with Gasteiger partial charge in [0.05, 0.1) is 5.69 Å². The summed E-state index contributed by atoms with van der Waals surface area (Å²) in [4.78, 5) is 21.1. The molecule has 1 amide bonds. The zero-order valence-electron chi connectivity index (χ0n) is 17.2. The number of phenols is 1. The molecule has 0 bridgehead atoms. The normalized spacial score (nSPS) is 11.2. The Balaban J connectivity index is 1.73. The average molecular weight is 390 g/mol. The SMILES string of the molecule is Cc1nccc(NCc2cccc(C(=O)Nc3cc(C(C)(C)C)ccc3O)c2)n1. The molecule has 1 aromatic heterocycles. The first kappa shape index (κ1) is 20.3. The van der Waals surface area contributed by atoms with Crippen LogP contribution in [0.15, 0.2) is 54.7 Å². The number of aromatic hydroxyl groups is 1. The van der Waals surface area contributed by atoms with E-state index < -0.39 is 0 Å². The van der Waals surface area contributed by atoms with Gasteiger partial charge in [-0.15, -0.1) is 0 Å². The second-order valence-electron chi connectivity index (χ2n) is 7.98. The minimum atomic E-state index is -0.272. The molecule has 1 heterocycles. The van der Waals surface area contributed by atoms with Gasteiger partial charge >= 0.3 is 0 Å². The molecular weight excluding hydrogens is 364 g/mol. The van der Waals surface area contributed by atoms with Crippen LogP contribution in [0.2, 0.25) is 0 Å². The number of aromatic nitrogens is 2. The van der Waals surface area contributed by atoms with Crippen molar-refractivity contribution in [3.63, 3.8) is 0 Å². The number of aryl methyl sites for hydroxylation is 1. The van der Waals surface area contributed by atoms with Gasteiger partial charge in [-0.3, -0.25) is 4.79 Å². The van der Waals surface area contributed by atoms with Crippen LogP contribution >= 0.6 is 0 Å². The van der Waals surface area contributed by atoms with E-state index in [-0.39, 0.29) is 17.1 Å². The lowest BCUT2D eigenvalue weighted by Crippen LogP contribution is -2.15. The van der Waals surface area contributed by atoms with Crippen LogP contribution in [-0.2, 0) is 12.0 Å². The summed E-state index contributed by atoms with van der Waals surface area (Å²) in [5.74, 6) is 1.20. The highest BCUT2D eigenvalue weighted by molar-refractivity contribution is 6.05. The number of nitrogens with one attached hydrogen (secondary N) is 2. The molecule has 0 radical (unpaired) electrons. The number of rotatable bonds is 5. The molecule has 2 aromatic carbocycles. The van der Waals surface area contributed by atoms with Gasteiger partial charge < -0.3 is 15.7 Å². The molecule has 150 valence electrons. The molecule has 6 heteroatoms. The van der Waals surface area contributed by atoms with E-state index in [2.05, 4.69) is 41.4 Å². The summed E-state index contributed by atoms with van der Waals surface area (Å²) in [5, 5.41) is 16.2. The third-order valence-electron chi connectivity index (χ3n) is 4.55. The van der Waals surface area contributed by atoms with Crippen molar-refractivity contribution in [1.82, 2.24) is 9.97 Å². The van der Waals surface area contributed by atoms with E-state index in [1.807, 2.05) is 37.3 Å². The molecule has 0 saturated heterocycles. The fourth-order valence-corrected chi connectivity index (χ4v) is 2.87. The summed E-state index contributed by atoms with van der Waals surface area (Å²) < 4.78 is 0. The summed E-state index contributed by atoms with van der Waals surface area (Å²) >= 11 is 0. The second-order valence-corrected chi connectivity index (χ2v) is 7.98. The fourth-order valence-electron chi connectivity index (χ4n) is 2.87. The first-order valence-corrected chi connectivity index (χ1v) is 9.50. The van der Waals surface area contributed by atoms with E-state index in [1.54, 1.807) is 24.4 Å². The number of carbonyl (C=O) groups is 1. The molecule has 6 nitrogen and oxygen atoms in total. The zero-order chi connectivity index (χ0) is 21.0. The van der Waals surface area contributed by atoms with E-state index in [4.69, 9.17) is 0 Å². The number of amides is 1. The quantitative estimate of drug-likeness (QED) is 0.552. The van der Waals surface area contributed by atoms with Crippen LogP contribution < -0.4 is 10.6 Å². The fraction of sp³-hybridized carbons (Fsp3) is 0.261. The van der Waals surface area contributed by atoms with Crippen LogP contribution in [0.4, 0.5) is 11.5 Å². The Labute approximate surface area is 171 Å². The van der Waals surface area contributed by atoms with E-state index in [0.717, 1.165) is 16.9 Å². The van der Waals surface area contributed by atoms with Crippen LogP contribution in [-0.4, -0.2) is 21.0 Å². The Morgan fingerprint density at radius 2 is 1.90 bits per heavy atom. The molecule has 0 spiro atoms. The van der Waals surface area contributed by atoms with Gasteiger partial charge in [-0.2, -0.15) is 0 Å². The number of anilines is 2. The molecule has 3 rings (SSSR count). The van der Waals surface area contributed by atoms with Crippen molar-refractivity contribution in [3.05, 3.63) is 77.2 Å². The highest BCUT2D eigenvalue weighted by Crippen LogP contribution is 2.31. The van der Waals surface area contributed by atoms with Crippen molar-refractivity contribution in [2.24, 2.45) is 0 Å². The lowest BCUT2D eigenvalue weighted by molar-refractivity contribution is 0.102. The number of benzene rings is 2. The molecule has 0 aliphatic carbocycles. The Bertz CT molecular complexity index is 1030. The van der Waals surface area contributed by atoms with Crippen LogP contribution in [0.5, 0.6) is 5.75 Å². The van der Waals surface area contributed by atoms with Crippen molar-refractivity contribution in [2.45, 2.75) is 39.7 Å². The Kier molecular flexibility index (Phi) is 5.82. The Hall–Kier alpha value is -3.41. The van der Waals surface area contributed by atoms with Gasteiger partial charge in [0, 0.05) is 18.3 Å². The van der Waals surface area contributed by atoms with Crippen molar-refractivity contribution in [3.8, 4) is 5.75 Å². The minimum absolute atomic E-state index is 0.0447. The van der Waals surface area contributed by atoms with Gasteiger partial charge in [0.25, 0.3) is 5.91 Å². The molecule has 3 aromatic rings. The Morgan fingerprint density at radius 1 is 1.10 bits per heavy atom. The van der Waals surface area contributed by atoms with Gasteiger partial charge in [0.2, 0.25) is 0 Å². The van der Waals surface area contributed by atoms with E-state index in [1.165, 1.54) is 0 Å². The number of hydrogen-bond donors (Lipinski definition) is 3. The van der Waals surface area contributed by atoms with E-state index in [0.29, 0.717) is 23.6 Å². The van der Waals surface area contributed by atoms with Crippen LogP contribution in [0.25, 0.3) is 0 Å². The lowest BCUT2D eigenvalue weighted by atomic mass is 9.87. The smallest absolute Gasteiger partial charge is 0.255 e. The molecule has 0 unspecified atom stereocenters. The summed E-state index contributed by atoms with van der Waals surface area (Å²) in [5.41, 5.74) is 2.81. The molecule has 0 aliphatic rings. The first-order valence-electron chi connectivity index (χ1n) is 9.50. The maximum absolute atomic E-state index is 12.7. The van der Waals surface area contributed by atoms with Crippen molar-refractivity contribution < 1.29 is 9.90 Å². The molecule has 0 atom stereocenters. The van der Waals surface area contributed by atoms with Gasteiger partial charge in [-0.05, 0) is 53.8 Å². The molecule has 0 fully saturated rings. The maximum Gasteiger partial charge on any atom is 0.255 e. The maximum atomic E-state index is 12.7. The number of carbonyl (C=O) groups excluding carboxylic acids is 1. The summed E-state index contributed by atoms with van der Waals surface area (Å²) in [7, 11) is 0. The summed E-state index contributed by atoms with van der Waals surface area (Å²) in [6.07, 6.45) is 1.70. The summed E-state index contributed by atoms with van der Waals surface area (Å²) in [6.45, 7) is 8.62. The lowest BCUT2D eigenvalue weighted by Gasteiger charge is -2.20. The molecule has 29 heavy (non-hydrogen) atoms. The van der Waals surface area contributed by atoms with Crippen molar-refractivity contribution in [2.75, 3.05) is 10.6 Å². The van der Waals surface area contributed by atoms with Crippen LogP contribution in [0, 0.1) is 6.92 Å². The highest BCUT2D eigenvalue weighted by atomic mass is 16.3.